The minimum atomic E-state index is -0.0188. The van der Waals surface area contributed by atoms with Gasteiger partial charge in [0.15, 0.2) is 0 Å². The third-order valence-corrected chi connectivity index (χ3v) is 2.64. The summed E-state index contributed by atoms with van der Waals surface area (Å²) in [5.74, 6) is 0.629. The molecule has 0 bridgehead atoms. The van der Waals surface area contributed by atoms with Gasteiger partial charge in [-0.3, -0.25) is 0 Å². The third kappa shape index (κ3) is 3.22. The molecule has 4 nitrogen and oxygen atoms in total. The number of aliphatic hydroxyl groups is 1. The van der Waals surface area contributed by atoms with Crippen molar-refractivity contribution in [2.24, 2.45) is 0 Å². The molecular formula is C12H13ClN2O2. The van der Waals surface area contributed by atoms with E-state index < -0.39 is 0 Å². The number of halogens is 1. The average Bonchev–Trinajstić information content (AvgIpc) is 2.84. The molecule has 0 aliphatic heterocycles. The van der Waals surface area contributed by atoms with E-state index >= 15 is 0 Å². The molecule has 1 N–H and O–H groups in total. The molecule has 2 rings (SSSR count). The molecule has 0 saturated heterocycles. The fourth-order valence-electron chi connectivity index (χ4n) is 1.44. The summed E-state index contributed by atoms with van der Waals surface area (Å²) in [5, 5.41) is 9.46. The van der Waals surface area contributed by atoms with Crippen LogP contribution in [0.5, 0.6) is 5.75 Å². The van der Waals surface area contributed by atoms with Crippen LogP contribution in [0.1, 0.15) is 5.56 Å². The Labute approximate surface area is 104 Å². The zero-order valence-electron chi connectivity index (χ0n) is 9.21. The van der Waals surface area contributed by atoms with Crippen LogP contribution in [-0.4, -0.2) is 21.3 Å². The topological polar surface area (TPSA) is 47.3 Å². The summed E-state index contributed by atoms with van der Waals surface area (Å²) in [7, 11) is 0. The lowest BCUT2D eigenvalue weighted by molar-refractivity contribution is 0.280. The van der Waals surface area contributed by atoms with E-state index in [4.69, 9.17) is 21.4 Å². The normalized spacial score (nSPS) is 10.5. The van der Waals surface area contributed by atoms with Crippen molar-refractivity contribution < 1.29 is 9.84 Å². The molecule has 17 heavy (non-hydrogen) atoms. The highest BCUT2D eigenvalue weighted by atomic mass is 35.5. The van der Waals surface area contributed by atoms with Crippen LogP contribution in [0.4, 0.5) is 0 Å². The van der Waals surface area contributed by atoms with Crippen molar-refractivity contribution in [1.29, 1.82) is 0 Å². The van der Waals surface area contributed by atoms with Crippen LogP contribution < -0.4 is 4.74 Å². The second-order valence-electron chi connectivity index (χ2n) is 3.57. The van der Waals surface area contributed by atoms with Crippen LogP contribution in [0.2, 0.25) is 5.02 Å². The molecule has 0 aliphatic rings. The Morgan fingerprint density at radius 1 is 1.41 bits per heavy atom. The zero-order chi connectivity index (χ0) is 12.1. The minimum Gasteiger partial charge on any atom is -0.490 e. The van der Waals surface area contributed by atoms with Crippen molar-refractivity contribution in [2.45, 2.75) is 13.2 Å². The molecule has 5 heteroatoms. The van der Waals surface area contributed by atoms with E-state index in [1.807, 2.05) is 10.8 Å². The molecule has 0 aliphatic carbocycles. The quantitative estimate of drug-likeness (QED) is 0.887. The number of ether oxygens (including phenoxy) is 1. The van der Waals surface area contributed by atoms with Gasteiger partial charge in [0, 0.05) is 12.4 Å². The minimum absolute atomic E-state index is 0.0188. The van der Waals surface area contributed by atoms with Crippen molar-refractivity contribution in [3.63, 3.8) is 0 Å². The highest BCUT2D eigenvalue weighted by molar-refractivity contribution is 6.32. The highest BCUT2D eigenvalue weighted by Gasteiger charge is 2.02. The lowest BCUT2D eigenvalue weighted by atomic mass is 10.2. The summed E-state index contributed by atoms with van der Waals surface area (Å²) in [5.41, 5.74) is 0.775. The molecule has 0 fully saturated rings. The first-order valence-electron chi connectivity index (χ1n) is 5.27. The number of benzene rings is 1. The Hall–Kier alpha value is -1.52. The molecule has 2 aromatic rings. The predicted molar refractivity (Wildman–Crippen MR) is 65.1 cm³/mol. The van der Waals surface area contributed by atoms with E-state index in [9.17, 15) is 0 Å². The van der Waals surface area contributed by atoms with Crippen molar-refractivity contribution >= 4 is 11.6 Å². The van der Waals surface area contributed by atoms with Gasteiger partial charge in [-0.2, -0.15) is 0 Å². The van der Waals surface area contributed by atoms with Gasteiger partial charge in [-0.1, -0.05) is 17.7 Å². The van der Waals surface area contributed by atoms with Crippen molar-refractivity contribution in [3.05, 3.63) is 47.5 Å². The van der Waals surface area contributed by atoms with E-state index in [0.717, 1.165) is 12.1 Å². The molecule has 1 aromatic heterocycles. The lowest BCUT2D eigenvalue weighted by Crippen LogP contribution is -2.06. The fraction of sp³-hybridized carbons (Fsp3) is 0.250. The molecule has 0 saturated carbocycles. The van der Waals surface area contributed by atoms with Gasteiger partial charge in [0.1, 0.15) is 12.4 Å². The van der Waals surface area contributed by atoms with Gasteiger partial charge >= 0.3 is 0 Å². The molecule has 0 spiro atoms. The van der Waals surface area contributed by atoms with Crippen LogP contribution in [-0.2, 0) is 13.2 Å². The molecule has 0 amide bonds. The van der Waals surface area contributed by atoms with Crippen molar-refractivity contribution in [1.82, 2.24) is 9.55 Å². The summed E-state index contributed by atoms with van der Waals surface area (Å²) in [6, 6.07) is 5.26. The third-order valence-electron chi connectivity index (χ3n) is 2.35. The Kier molecular flexibility index (Phi) is 4.01. The summed E-state index contributed by atoms with van der Waals surface area (Å²) in [6.45, 7) is 1.22. The Morgan fingerprint density at radius 2 is 2.29 bits per heavy atom. The summed E-state index contributed by atoms with van der Waals surface area (Å²) < 4.78 is 7.47. The molecular weight excluding hydrogens is 240 g/mol. The van der Waals surface area contributed by atoms with E-state index in [2.05, 4.69) is 4.98 Å². The maximum atomic E-state index is 8.94. The number of aromatic nitrogens is 2. The maximum Gasteiger partial charge on any atom is 0.138 e. The van der Waals surface area contributed by atoms with Gasteiger partial charge in [-0.15, -0.1) is 0 Å². The largest absolute Gasteiger partial charge is 0.490 e. The monoisotopic (exact) mass is 252 g/mol. The number of rotatable bonds is 5. The van der Waals surface area contributed by atoms with E-state index in [-0.39, 0.29) is 6.61 Å². The molecule has 0 radical (unpaired) electrons. The Bertz CT molecular complexity index is 471. The molecule has 1 heterocycles. The van der Waals surface area contributed by atoms with Gasteiger partial charge in [0.2, 0.25) is 0 Å². The van der Waals surface area contributed by atoms with Crippen molar-refractivity contribution in [2.75, 3.05) is 6.61 Å². The predicted octanol–water partition coefficient (Wildman–Crippen LogP) is 2.11. The summed E-state index contributed by atoms with van der Waals surface area (Å²) in [6.07, 6.45) is 5.34. The lowest BCUT2D eigenvalue weighted by Gasteiger charge is -2.09. The number of aliphatic hydroxyl groups excluding tert-OH is 1. The number of nitrogens with zero attached hydrogens (tertiary/aromatic N) is 2. The molecule has 0 unspecified atom stereocenters. The van der Waals surface area contributed by atoms with E-state index in [1.165, 1.54) is 0 Å². The zero-order valence-corrected chi connectivity index (χ0v) is 9.97. The first-order valence-corrected chi connectivity index (χ1v) is 5.65. The SMILES string of the molecule is OCc1ccc(OCCn2ccnc2)c(Cl)c1. The second kappa shape index (κ2) is 5.70. The van der Waals surface area contributed by atoms with Gasteiger partial charge in [-0.05, 0) is 17.7 Å². The smallest absolute Gasteiger partial charge is 0.138 e. The van der Waals surface area contributed by atoms with Gasteiger partial charge in [0.05, 0.1) is 24.5 Å². The first kappa shape index (κ1) is 12.0. The molecule has 0 atom stereocenters. The van der Waals surface area contributed by atoms with Gasteiger partial charge in [0.25, 0.3) is 0 Å². The summed E-state index contributed by atoms with van der Waals surface area (Å²) >= 11 is 6.01. The van der Waals surface area contributed by atoms with Crippen LogP contribution in [0.15, 0.2) is 36.9 Å². The number of imidazole rings is 1. The van der Waals surface area contributed by atoms with Crippen LogP contribution in [0, 0.1) is 0 Å². The summed E-state index contributed by atoms with van der Waals surface area (Å²) in [4.78, 5) is 3.94. The van der Waals surface area contributed by atoms with Crippen LogP contribution in [0.3, 0.4) is 0 Å². The standard InChI is InChI=1S/C12H13ClN2O2/c13-11-7-10(8-16)1-2-12(11)17-6-5-15-4-3-14-9-15/h1-4,7,9,16H,5-6,8H2. The highest BCUT2D eigenvalue weighted by Crippen LogP contribution is 2.25. The Balaban J connectivity index is 1.90. The van der Waals surface area contributed by atoms with Gasteiger partial charge < -0.3 is 14.4 Å². The second-order valence-corrected chi connectivity index (χ2v) is 3.98. The molecule has 1 aromatic carbocycles. The molecule has 90 valence electrons. The Morgan fingerprint density at radius 3 is 2.94 bits per heavy atom. The number of hydrogen-bond donors (Lipinski definition) is 1. The van der Waals surface area contributed by atoms with Crippen LogP contribution >= 0.6 is 11.6 Å². The van der Waals surface area contributed by atoms with Gasteiger partial charge in [-0.25, -0.2) is 4.98 Å². The van der Waals surface area contributed by atoms with E-state index in [0.29, 0.717) is 17.4 Å². The average molecular weight is 253 g/mol. The van der Waals surface area contributed by atoms with Crippen molar-refractivity contribution in [3.8, 4) is 5.75 Å². The van der Waals surface area contributed by atoms with Crippen LogP contribution in [0.25, 0.3) is 0 Å². The maximum absolute atomic E-state index is 8.94. The van der Waals surface area contributed by atoms with E-state index in [1.54, 1.807) is 30.7 Å². The fourth-order valence-corrected chi connectivity index (χ4v) is 1.70. The first-order chi connectivity index (χ1) is 8.29. The number of hydrogen-bond acceptors (Lipinski definition) is 3.